The Morgan fingerprint density at radius 3 is 2.64 bits per heavy atom. The fraction of sp³-hybridized carbons (Fsp3) is 0.542. The number of hydrogen-bond donors (Lipinski definition) is 2. The monoisotopic (exact) mass is 500 g/mol. The molecule has 2 N–H and O–H groups in total. The summed E-state index contributed by atoms with van der Waals surface area (Å²) in [5.41, 5.74) is -0.610. The highest BCUT2D eigenvalue weighted by Crippen LogP contribution is 2.39. The first-order valence-electron chi connectivity index (χ1n) is 11.7. The fourth-order valence-corrected chi connectivity index (χ4v) is 3.96. The molecule has 0 atom stereocenters. The van der Waals surface area contributed by atoms with E-state index in [-0.39, 0.29) is 36.5 Å². The van der Waals surface area contributed by atoms with Gasteiger partial charge in [0, 0.05) is 26.4 Å². The molecule has 0 aromatic carbocycles. The summed E-state index contributed by atoms with van der Waals surface area (Å²) in [5.74, 6) is 1.01. The van der Waals surface area contributed by atoms with Gasteiger partial charge in [-0.15, -0.1) is 0 Å². The second-order valence-corrected chi connectivity index (χ2v) is 8.90. The maximum Gasteiger partial charge on any atom is 0.315 e. The highest BCUT2D eigenvalue weighted by molar-refractivity contribution is 5.71. The Balaban J connectivity index is 1.90. The van der Waals surface area contributed by atoms with Crippen LogP contribution in [0, 0.1) is 21.4 Å². The van der Waals surface area contributed by atoms with E-state index < -0.39 is 10.5 Å². The third kappa shape index (κ3) is 7.24. The molecule has 36 heavy (non-hydrogen) atoms. The lowest BCUT2D eigenvalue weighted by Crippen LogP contribution is -2.41. The van der Waals surface area contributed by atoms with Gasteiger partial charge in [0.1, 0.15) is 18.5 Å². The highest BCUT2D eigenvalue weighted by atomic mass is 16.6. The van der Waals surface area contributed by atoms with Gasteiger partial charge < -0.3 is 29.5 Å². The van der Waals surface area contributed by atoms with Gasteiger partial charge in [0.2, 0.25) is 5.82 Å². The second kappa shape index (κ2) is 12.4. The van der Waals surface area contributed by atoms with Crippen LogP contribution in [-0.2, 0) is 9.47 Å². The van der Waals surface area contributed by atoms with Crippen LogP contribution in [0.2, 0.25) is 0 Å². The predicted octanol–water partition coefficient (Wildman–Crippen LogP) is 3.17. The van der Waals surface area contributed by atoms with E-state index >= 15 is 0 Å². The van der Waals surface area contributed by atoms with E-state index in [4.69, 9.17) is 19.5 Å². The zero-order valence-corrected chi connectivity index (χ0v) is 20.8. The van der Waals surface area contributed by atoms with Crippen molar-refractivity contribution in [2.45, 2.75) is 44.2 Å². The van der Waals surface area contributed by atoms with Gasteiger partial charge in [-0.25, -0.2) is 9.97 Å². The topological polar surface area (TPSA) is 156 Å². The number of nitrogens with zero attached hydrogens (tertiary/aromatic N) is 5. The van der Waals surface area contributed by atoms with E-state index in [2.05, 4.69) is 15.3 Å². The van der Waals surface area contributed by atoms with Gasteiger partial charge in [-0.2, -0.15) is 5.26 Å². The summed E-state index contributed by atoms with van der Waals surface area (Å²) < 4.78 is 16.3. The maximum absolute atomic E-state index is 11.9. The Bertz CT molecular complexity index is 1060. The van der Waals surface area contributed by atoms with Crippen molar-refractivity contribution in [2.24, 2.45) is 0 Å². The largest absolute Gasteiger partial charge is 0.487 e. The number of methoxy groups -OCH3 is 1. The minimum atomic E-state index is -0.701. The summed E-state index contributed by atoms with van der Waals surface area (Å²) in [5, 5.41) is 34.1. The van der Waals surface area contributed by atoms with Crippen molar-refractivity contribution < 1.29 is 24.2 Å². The molecule has 0 unspecified atom stereocenters. The van der Waals surface area contributed by atoms with Crippen LogP contribution < -0.4 is 15.0 Å². The molecule has 12 nitrogen and oxygen atoms in total. The highest BCUT2D eigenvalue weighted by Gasteiger charge is 2.33. The summed E-state index contributed by atoms with van der Waals surface area (Å²) in [6.45, 7) is 3.15. The molecular formula is C24H32N6O6. The summed E-state index contributed by atoms with van der Waals surface area (Å²) in [6, 6.07) is 6.51. The average molecular weight is 501 g/mol. The zero-order chi connectivity index (χ0) is 26.1. The number of hydrogen-bond acceptors (Lipinski definition) is 11. The normalized spacial score (nSPS) is 19.4. The number of nitro groups is 1. The number of ether oxygens (including phenoxy) is 3. The SMILES string of the molecule is COCCOCCOc1cc([N+](=O)[O-])c(Nc2ccc(C#N)cn2)nc1N(C)C1CCC(C)(O)CC1. The van der Waals surface area contributed by atoms with E-state index in [1.54, 1.807) is 19.2 Å². The molecule has 0 amide bonds. The van der Waals surface area contributed by atoms with Crippen LogP contribution >= 0.6 is 0 Å². The van der Waals surface area contributed by atoms with E-state index in [0.717, 1.165) is 12.8 Å². The van der Waals surface area contributed by atoms with Crippen LogP contribution in [0.4, 0.5) is 23.1 Å². The van der Waals surface area contributed by atoms with Gasteiger partial charge in [-0.05, 0) is 44.7 Å². The molecule has 12 heteroatoms. The molecule has 1 aliphatic carbocycles. The van der Waals surface area contributed by atoms with Crippen LogP contribution in [0.3, 0.4) is 0 Å². The lowest BCUT2D eigenvalue weighted by molar-refractivity contribution is -0.384. The Hall–Kier alpha value is -3.53. The Kier molecular flexibility index (Phi) is 9.35. The first kappa shape index (κ1) is 27.1. The number of nitrogens with one attached hydrogen (secondary N) is 1. The summed E-state index contributed by atoms with van der Waals surface area (Å²) >= 11 is 0. The first-order chi connectivity index (χ1) is 17.2. The molecule has 0 aliphatic heterocycles. The quantitative estimate of drug-likeness (QED) is 0.251. The number of aromatic nitrogens is 2. The Morgan fingerprint density at radius 1 is 1.31 bits per heavy atom. The molecular weight excluding hydrogens is 468 g/mol. The summed E-state index contributed by atoms with van der Waals surface area (Å²) in [7, 11) is 3.45. The van der Waals surface area contributed by atoms with Crippen LogP contribution in [0.5, 0.6) is 5.75 Å². The van der Waals surface area contributed by atoms with Gasteiger partial charge in [0.15, 0.2) is 11.6 Å². The van der Waals surface area contributed by atoms with Crippen LogP contribution in [0.25, 0.3) is 0 Å². The molecule has 1 saturated carbocycles. The number of anilines is 3. The molecule has 0 saturated heterocycles. The maximum atomic E-state index is 11.9. The van der Waals surface area contributed by atoms with Crippen molar-refractivity contribution in [2.75, 3.05) is 50.8 Å². The number of pyridine rings is 2. The average Bonchev–Trinajstić information content (AvgIpc) is 2.86. The Morgan fingerprint density at radius 2 is 2.03 bits per heavy atom. The number of aliphatic hydroxyl groups is 1. The number of nitriles is 1. The van der Waals surface area contributed by atoms with Crippen molar-refractivity contribution in [1.82, 2.24) is 9.97 Å². The summed E-state index contributed by atoms with van der Waals surface area (Å²) in [4.78, 5) is 22.0. The predicted molar refractivity (Wildman–Crippen MR) is 133 cm³/mol. The molecule has 0 bridgehead atoms. The van der Waals surface area contributed by atoms with Crippen molar-refractivity contribution in [3.05, 3.63) is 40.1 Å². The molecule has 1 aliphatic rings. The minimum Gasteiger partial charge on any atom is -0.487 e. The van der Waals surface area contributed by atoms with Gasteiger partial charge >= 0.3 is 5.69 Å². The van der Waals surface area contributed by atoms with Gasteiger partial charge in [0.25, 0.3) is 0 Å². The van der Waals surface area contributed by atoms with Crippen LogP contribution in [0.15, 0.2) is 24.4 Å². The Labute approximate surface area is 210 Å². The molecule has 194 valence electrons. The van der Waals surface area contributed by atoms with Crippen molar-refractivity contribution in [3.8, 4) is 11.8 Å². The third-order valence-corrected chi connectivity index (χ3v) is 6.12. The second-order valence-electron chi connectivity index (χ2n) is 8.90. The van der Waals surface area contributed by atoms with Crippen LogP contribution in [-0.4, -0.2) is 72.2 Å². The van der Waals surface area contributed by atoms with Gasteiger partial charge in [0.05, 0.1) is 42.0 Å². The lowest BCUT2D eigenvalue weighted by Gasteiger charge is -2.38. The van der Waals surface area contributed by atoms with Crippen molar-refractivity contribution in [3.63, 3.8) is 0 Å². The van der Waals surface area contributed by atoms with Crippen LogP contribution in [0.1, 0.15) is 38.2 Å². The smallest absolute Gasteiger partial charge is 0.315 e. The first-order valence-corrected chi connectivity index (χ1v) is 11.7. The molecule has 0 radical (unpaired) electrons. The van der Waals surface area contributed by atoms with Gasteiger partial charge in [-0.3, -0.25) is 10.1 Å². The third-order valence-electron chi connectivity index (χ3n) is 6.12. The lowest BCUT2D eigenvalue weighted by atomic mass is 9.83. The van der Waals surface area contributed by atoms with E-state index in [1.165, 1.54) is 12.3 Å². The van der Waals surface area contributed by atoms with E-state index in [9.17, 15) is 15.2 Å². The molecule has 2 heterocycles. The summed E-state index contributed by atoms with van der Waals surface area (Å²) in [6.07, 6.45) is 4.12. The zero-order valence-electron chi connectivity index (χ0n) is 20.8. The van der Waals surface area contributed by atoms with Crippen molar-refractivity contribution in [1.29, 1.82) is 5.26 Å². The van der Waals surface area contributed by atoms with Crippen molar-refractivity contribution >= 4 is 23.1 Å². The molecule has 0 spiro atoms. The minimum absolute atomic E-state index is 0.00515. The molecule has 2 aromatic heterocycles. The molecule has 1 fully saturated rings. The molecule has 3 rings (SSSR count). The molecule has 2 aromatic rings. The van der Waals surface area contributed by atoms with E-state index in [0.29, 0.717) is 43.3 Å². The number of rotatable bonds is 12. The van der Waals surface area contributed by atoms with Gasteiger partial charge in [-0.1, -0.05) is 0 Å². The van der Waals surface area contributed by atoms with E-state index in [1.807, 2.05) is 24.9 Å². The fourth-order valence-electron chi connectivity index (χ4n) is 3.96. The standard InChI is InChI=1S/C24H32N6O6/c1-24(31)8-6-18(7-9-24)29(2)23-20(36-13-12-35-11-10-34-3)14-19(30(32)33)22(28-23)27-21-5-4-17(15-25)16-26-21/h4-5,14,16,18,31H,6-13H2,1-3H3,(H,26,27,28).